The molecule has 2 rings (SSSR count). The molecule has 0 radical (unpaired) electrons. The molecule has 0 amide bonds. The maximum Gasteiger partial charge on any atom is 0.324 e. The van der Waals surface area contributed by atoms with Crippen LogP contribution in [-0.4, -0.2) is 42.5 Å². The Morgan fingerprint density at radius 1 is 1.50 bits per heavy atom. The number of piperidine rings is 1. The van der Waals surface area contributed by atoms with E-state index in [1.165, 1.54) is 4.90 Å². The first-order valence-electron chi connectivity index (χ1n) is 5.70. The highest BCUT2D eigenvalue weighted by molar-refractivity contribution is 5.27. The third-order valence-corrected chi connectivity index (χ3v) is 2.99. The van der Waals surface area contributed by atoms with Crippen LogP contribution < -0.4 is 10.2 Å². The number of hydrogen-bond donors (Lipinski definition) is 1. The van der Waals surface area contributed by atoms with E-state index in [0.29, 0.717) is 19.9 Å². The number of nitrogens with zero attached hydrogens (tertiary/aromatic N) is 3. The number of anilines is 1. The minimum Gasteiger partial charge on any atom is -0.321 e. The minimum atomic E-state index is -3.15. The molecule has 1 fully saturated rings. The molecule has 1 aromatic rings. The maximum absolute atomic E-state index is 13.7. The number of rotatable bonds is 3. The largest absolute Gasteiger partial charge is 0.324 e. The van der Waals surface area contributed by atoms with Crippen molar-refractivity contribution in [2.24, 2.45) is 0 Å². The zero-order valence-corrected chi connectivity index (χ0v) is 10.2. The van der Waals surface area contributed by atoms with Crippen molar-refractivity contribution in [2.75, 3.05) is 25.0 Å². The summed E-state index contributed by atoms with van der Waals surface area (Å²) in [6.07, 6.45) is -0.543. The Labute approximate surface area is 102 Å². The molecular formula is C10H15F3N4O. The predicted molar refractivity (Wildman–Crippen MR) is 58.4 cm³/mol. The standard InChI is InChI=1S/C10H15F3N4O/c1-10(12,13)8-15-9(18-16-8)17-4-3-7(14-2)6(11)5-17/h6-7,14H,3-5H2,1-2H3/t6-,7-/m1/s1. The van der Waals surface area contributed by atoms with Gasteiger partial charge in [-0.05, 0) is 13.5 Å². The zero-order valence-electron chi connectivity index (χ0n) is 10.2. The number of hydrogen-bond acceptors (Lipinski definition) is 5. The molecule has 0 saturated carbocycles. The topological polar surface area (TPSA) is 54.2 Å². The van der Waals surface area contributed by atoms with Gasteiger partial charge >= 0.3 is 11.9 Å². The predicted octanol–water partition coefficient (Wildman–Crippen LogP) is 1.32. The molecule has 1 N–H and O–H groups in total. The SMILES string of the molecule is CN[C@@H]1CCN(c2nc(C(C)(F)F)no2)C[C@H]1F. The molecule has 2 atom stereocenters. The molecule has 1 aromatic heterocycles. The Bertz CT molecular complexity index is 406. The van der Waals surface area contributed by atoms with E-state index in [-0.39, 0.29) is 18.6 Å². The van der Waals surface area contributed by atoms with E-state index in [9.17, 15) is 13.2 Å². The van der Waals surface area contributed by atoms with Crippen molar-refractivity contribution in [3.8, 4) is 0 Å². The highest BCUT2D eigenvalue weighted by Crippen LogP contribution is 2.27. The van der Waals surface area contributed by atoms with Crippen molar-refractivity contribution in [1.29, 1.82) is 0 Å². The molecule has 0 aromatic carbocycles. The first-order chi connectivity index (χ1) is 8.41. The van der Waals surface area contributed by atoms with Gasteiger partial charge in [0.2, 0.25) is 5.82 Å². The van der Waals surface area contributed by atoms with Crippen LogP contribution in [0, 0.1) is 0 Å². The van der Waals surface area contributed by atoms with E-state index in [2.05, 4.69) is 15.5 Å². The molecule has 5 nitrogen and oxygen atoms in total. The molecule has 0 aliphatic carbocycles. The van der Waals surface area contributed by atoms with Crippen LogP contribution in [0.4, 0.5) is 19.2 Å². The molecule has 0 unspecified atom stereocenters. The molecular weight excluding hydrogens is 249 g/mol. The van der Waals surface area contributed by atoms with Crippen molar-refractivity contribution in [3.63, 3.8) is 0 Å². The van der Waals surface area contributed by atoms with Gasteiger partial charge in [0, 0.05) is 19.5 Å². The van der Waals surface area contributed by atoms with Gasteiger partial charge in [-0.3, -0.25) is 0 Å². The van der Waals surface area contributed by atoms with Gasteiger partial charge in [-0.15, -0.1) is 0 Å². The average molecular weight is 264 g/mol. The Balaban J connectivity index is 2.07. The molecule has 2 heterocycles. The van der Waals surface area contributed by atoms with Crippen molar-refractivity contribution in [1.82, 2.24) is 15.5 Å². The fourth-order valence-corrected chi connectivity index (χ4v) is 1.93. The second-order valence-corrected chi connectivity index (χ2v) is 4.43. The molecule has 0 bridgehead atoms. The van der Waals surface area contributed by atoms with Crippen LogP contribution in [0.1, 0.15) is 19.2 Å². The van der Waals surface area contributed by atoms with Gasteiger partial charge in [0.05, 0.1) is 6.54 Å². The average Bonchev–Trinajstić information content (AvgIpc) is 2.77. The molecule has 1 aliphatic heterocycles. The highest BCUT2D eigenvalue weighted by Gasteiger charge is 2.34. The summed E-state index contributed by atoms with van der Waals surface area (Å²) in [5.74, 6) is -3.83. The summed E-state index contributed by atoms with van der Waals surface area (Å²) in [6.45, 7) is 1.23. The molecule has 18 heavy (non-hydrogen) atoms. The monoisotopic (exact) mass is 264 g/mol. The van der Waals surface area contributed by atoms with Crippen LogP contribution in [0.25, 0.3) is 0 Å². The Morgan fingerprint density at radius 3 is 2.72 bits per heavy atom. The van der Waals surface area contributed by atoms with Crippen LogP contribution in [0.3, 0.4) is 0 Å². The molecule has 1 saturated heterocycles. The molecule has 8 heteroatoms. The van der Waals surface area contributed by atoms with E-state index in [1.807, 2.05) is 0 Å². The maximum atomic E-state index is 13.7. The van der Waals surface area contributed by atoms with Crippen molar-refractivity contribution < 1.29 is 17.7 Å². The fourth-order valence-electron chi connectivity index (χ4n) is 1.93. The summed E-state index contributed by atoms with van der Waals surface area (Å²) < 4.78 is 44.3. The Morgan fingerprint density at radius 2 is 2.22 bits per heavy atom. The second-order valence-electron chi connectivity index (χ2n) is 4.43. The van der Waals surface area contributed by atoms with Crippen molar-refractivity contribution in [2.45, 2.75) is 31.5 Å². The first-order valence-corrected chi connectivity index (χ1v) is 5.70. The van der Waals surface area contributed by atoms with Crippen LogP contribution >= 0.6 is 0 Å². The first kappa shape index (κ1) is 13.1. The smallest absolute Gasteiger partial charge is 0.321 e. The number of halogens is 3. The van der Waals surface area contributed by atoms with Crippen LogP contribution in [-0.2, 0) is 5.92 Å². The molecule has 102 valence electrons. The second kappa shape index (κ2) is 4.75. The third kappa shape index (κ3) is 2.58. The Hall–Kier alpha value is -1.31. The highest BCUT2D eigenvalue weighted by atomic mass is 19.3. The summed E-state index contributed by atoms with van der Waals surface area (Å²) in [5.41, 5.74) is 0. The van der Waals surface area contributed by atoms with Crippen molar-refractivity contribution >= 4 is 6.01 Å². The summed E-state index contributed by atoms with van der Waals surface area (Å²) in [5, 5.41) is 6.08. The number of alkyl halides is 3. The van der Waals surface area contributed by atoms with Crippen LogP contribution in [0.5, 0.6) is 0 Å². The van der Waals surface area contributed by atoms with Gasteiger partial charge in [0.25, 0.3) is 0 Å². The lowest BCUT2D eigenvalue weighted by atomic mass is 10.0. The summed E-state index contributed by atoms with van der Waals surface area (Å²) >= 11 is 0. The van der Waals surface area contributed by atoms with E-state index < -0.39 is 17.9 Å². The third-order valence-electron chi connectivity index (χ3n) is 2.99. The van der Waals surface area contributed by atoms with E-state index >= 15 is 0 Å². The lowest BCUT2D eigenvalue weighted by molar-refractivity contribution is 0.00559. The van der Waals surface area contributed by atoms with E-state index in [4.69, 9.17) is 4.52 Å². The van der Waals surface area contributed by atoms with E-state index in [0.717, 1.165) is 0 Å². The summed E-state index contributed by atoms with van der Waals surface area (Å²) in [4.78, 5) is 5.09. The number of nitrogens with one attached hydrogen (secondary N) is 1. The van der Waals surface area contributed by atoms with Gasteiger partial charge in [0.1, 0.15) is 6.17 Å². The van der Waals surface area contributed by atoms with Crippen LogP contribution in [0.15, 0.2) is 4.52 Å². The minimum absolute atomic E-state index is 0.0521. The number of aromatic nitrogens is 2. The summed E-state index contributed by atoms with van der Waals surface area (Å²) in [6, 6.07) is -0.278. The van der Waals surface area contributed by atoms with Crippen LogP contribution in [0.2, 0.25) is 0 Å². The lowest BCUT2D eigenvalue weighted by Gasteiger charge is -2.33. The van der Waals surface area contributed by atoms with E-state index in [1.54, 1.807) is 7.05 Å². The summed E-state index contributed by atoms with van der Waals surface area (Å²) in [7, 11) is 1.69. The van der Waals surface area contributed by atoms with Gasteiger partial charge in [-0.25, -0.2) is 4.39 Å². The quantitative estimate of drug-likeness (QED) is 0.892. The van der Waals surface area contributed by atoms with Gasteiger partial charge < -0.3 is 14.7 Å². The zero-order chi connectivity index (χ0) is 13.3. The van der Waals surface area contributed by atoms with Gasteiger partial charge in [-0.1, -0.05) is 5.16 Å². The van der Waals surface area contributed by atoms with Crippen molar-refractivity contribution in [3.05, 3.63) is 5.82 Å². The van der Waals surface area contributed by atoms with Gasteiger partial charge in [0.15, 0.2) is 0 Å². The molecule has 1 aliphatic rings. The van der Waals surface area contributed by atoms with Gasteiger partial charge in [-0.2, -0.15) is 13.8 Å². The molecule has 0 spiro atoms. The Kier molecular flexibility index (Phi) is 3.47. The lowest BCUT2D eigenvalue weighted by Crippen LogP contribution is -2.50. The fraction of sp³-hybridized carbons (Fsp3) is 0.800. The normalized spacial score (nSPS) is 25.5.